The minimum absolute atomic E-state index is 0.0334. The first-order valence-corrected chi connectivity index (χ1v) is 9.71. The fourth-order valence-electron chi connectivity index (χ4n) is 4.39. The van der Waals surface area contributed by atoms with E-state index in [2.05, 4.69) is 45.0 Å². The Morgan fingerprint density at radius 1 is 1.19 bits per heavy atom. The predicted octanol–water partition coefficient (Wildman–Crippen LogP) is 2.84. The van der Waals surface area contributed by atoms with Gasteiger partial charge in [-0.3, -0.25) is 9.69 Å². The highest BCUT2D eigenvalue weighted by Gasteiger charge is 2.23. The number of anilines is 1. The number of hydrogen-bond acceptors (Lipinski definition) is 4. The summed E-state index contributed by atoms with van der Waals surface area (Å²) in [6, 6.07) is 8.65. The quantitative estimate of drug-likeness (QED) is 0.923. The van der Waals surface area contributed by atoms with Crippen LogP contribution in [0.25, 0.3) is 0 Å². The molecule has 1 N–H and O–H groups in total. The molecule has 1 saturated heterocycles. The van der Waals surface area contributed by atoms with Crippen molar-refractivity contribution in [2.24, 2.45) is 0 Å². The third kappa shape index (κ3) is 3.68. The van der Waals surface area contributed by atoms with E-state index in [9.17, 15) is 4.79 Å². The number of H-pyrrole nitrogens is 1. The third-order valence-corrected chi connectivity index (χ3v) is 5.79. The van der Waals surface area contributed by atoms with Gasteiger partial charge in [0.1, 0.15) is 5.82 Å². The highest BCUT2D eigenvalue weighted by Crippen LogP contribution is 2.29. The molecule has 2 aliphatic rings. The molecule has 5 nitrogen and oxygen atoms in total. The van der Waals surface area contributed by atoms with Crippen LogP contribution in [0.3, 0.4) is 0 Å². The van der Waals surface area contributed by atoms with Crippen LogP contribution in [0.5, 0.6) is 0 Å². The summed E-state index contributed by atoms with van der Waals surface area (Å²) < 4.78 is 0. The normalized spacial score (nSPS) is 18.8. The van der Waals surface area contributed by atoms with Gasteiger partial charge in [-0.15, -0.1) is 0 Å². The number of rotatable bonds is 3. The second-order valence-corrected chi connectivity index (χ2v) is 7.79. The molecule has 0 atom stereocenters. The average Bonchev–Trinajstić information content (AvgIpc) is 2.62. The molecule has 0 saturated carbocycles. The lowest BCUT2D eigenvalue weighted by atomic mass is 9.92. The van der Waals surface area contributed by atoms with Crippen LogP contribution in [0.1, 0.15) is 47.8 Å². The molecule has 3 heterocycles. The summed E-state index contributed by atoms with van der Waals surface area (Å²) in [6.07, 6.45) is 4.59. The van der Waals surface area contributed by atoms with Crippen molar-refractivity contribution in [1.82, 2.24) is 14.9 Å². The third-order valence-electron chi connectivity index (χ3n) is 5.79. The Balaban J connectivity index is 1.39. The van der Waals surface area contributed by atoms with Crippen molar-refractivity contribution in [1.29, 1.82) is 0 Å². The zero-order valence-corrected chi connectivity index (χ0v) is 15.8. The SMILES string of the molecule is Cc1nc(C2CCN(Cc3ccc4c(c3)CCCN4C)CC2)cc(=O)[nH]1. The maximum absolute atomic E-state index is 11.7. The molecule has 1 fully saturated rings. The number of aromatic nitrogens is 2. The Hall–Kier alpha value is -2.14. The van der Waals surface area contributed by atoms with Gasteiger partial charge >= 0.3 is 0 Å². The van der Waals surface area contributed by atoms with Gasteiger partial charge in [0.2, 0.25) is 0 Å². The maximum atomic E-state index is 11.7. The lowest BCUT2D eigenvalue weighted by Crippen LogP contribution is -2.33. The van der Waals surface area contributed by atoms with Crippen LogP contribution in [0.2, 0.25) is 0 Å². The first-order valence-electron chi connectivity index (χ1n) is 9.71. The van der Waals surface area contributed by atoms with Crippen LogP contribution < -0.4 is 10.5 Å². The number of piperidine rings is 1. The van der Waals surface area contributed by atoms with Crippen molar-refractivity contribution in [3.8, 4) is 0 Å². The van der Waals surface area contributed by atoms with Gasteiger partial charge in [0.15, 0.2) is 0 Å². The second kappa shape index (κ2) is 7.23. The van der Waals surface area contributed by atoms with Gasteiger partial charge in [0.05, 0.1) is 5.69 Å². The number of aromatic amines is 1. The van der Waals surface area contributed by atoms with Crippen LogP contribution >= 0.6 is 0 Å². The number of aryl methyl sites for hydroxylation is 2. The van der Waals surface area contributed by atoms with Gasteiger partial charge in [0.25, 0.3) is 5.56 Å². The van der Waals surface area contributed by atoms with Gasteiger partial charge < -0.3 is 9.88 Å². The van der Waals surface area contributed by atoms with E-state index in [1.165, 1.54) is 29.7 Å². The molecule has 0 aliphatic carbocycles. The molecule has 138 valence electrons. The number of nitrogens with zero attached hydrogens (tertiary/aromatic N) is 3. The second-order valence-electron chi connectivity index (χ2n) is 7.79. The van der Waals surface area contributed by atoms with E-state index in [-0.39, 0.29) is 5.56 Å². The molecule has 1 aromatic carbocycles. The van der Waals surface area contributed by atoms with Crippen LogP contribution in [0.15, 0.2) is 29.1 Å². The topological polar surface area (TPSA) is 52.2 Å². The first-order chi connectivity index (χ1) is 12.6. The van der Waals surface area contributed by atoms with E-state index in [4.69, 9.17) is 0 Å². The minimum Gasteiger partial charge on any atom is -0.374 e. The summed E-state index contributed by atoms with van der Waals surface area (Å²) in [4.78, 5) is 23.9. The zero-order chi connectivity index (χ0) is 18.1. The number of fused-ring (bicyclic) bond motifs is 1. The highest BCUT2D eigenvalue weighted by atomic mass is 16.1. The fourth-order valence-corrected chi connectivity index (χ4v) is 4.39. The van der Waals surface area contributed by atoms with E-state index >= 15 is 0 Å². The molecule has 0 spiro atoms. The molecular weight excluding hydrogens is 324 g/mol. The van der Waals surface area contributed by atoms with Gasteiger partial charge in [-0.05, 0) is 62.9 Å². The van der Waals surface area contributed by atoms with Gasteiger partial charge in [-0.2, -0.15) is 0 Å². The maximum Gasteiger partial charge on any atom is 0.251 e. The number of nitrogens with one attached hydrogen (secondary N) is 1. The van der Waals surface area contributed by atoms with Crippen molar-refractivity contribution in [3.05, 3.63) is 57.3 Å². The Labute approximate surface area is 155 Å². The zero-order valence-electron chi connectivity index (χ0n) is 15.8. The van der Waals surface area contributed by atoms with Crippen LogP contribution in [0, 0.1) is 6.92 Å². The van der Waals surface area contributed by atoms with Crippen molar-refractivity contribution in [2.45, 2.75) is 45.1 Å². The first kappa shape index (κ1) is 17.3. The van der Waals surface area contributed by atoms with Crippen LogP contribution in [0.4, 0.5) is 5.69 Å². The van der Waals surface area contributed by atoms with E-state index in [1.54, 1.807) is 6.07 Å². The largest absolute Gasteiger partial charge is 0.374 e. The summed E-state index contributed by atoms with van der Waals surface area (Å²) >= 11 is 0. The Morgan fingerprint density at radius 2 is 2.00 bits per heavy atom. The molecule has 1 aromatic heterocycles. The predicted molar refractivity (Wildman–Crippen MR) is 105 cm³/mol. The summed E-state index contributed by atoms with van der Waals surface area (Å²) in [6.45, 7) is 6.17. The van der Waals surface area contributed by atoms with Crippen LogP contribution in [-0.4, -0.2) is 41.5 Å². The lowest BCUT2D eigenvalue weighted by molar-refractivity contribution is 0.203. The molecule has 0 unspecified atom stereocenters. The molecular formula is C21H28N4O. The molecule has 0 radical (unpaired) electrons. The number of likely N-dealkylation sites (tertiary alicyclic amines) is 1. The molecule has 4 rings (SSSR count). The van der Waals surface area contributed by atoms with Gasteiger partial charge in [-0.1, -0.05) is 12.1 Å². The van der Waals surface area contributed by atoms with Gasteiger partial charge in [-0.25, -0.2) is 4.98 Å². The standard InChI is InChI=1S/C21H28N4O/c1-15-22-19(13-21(26)23-15)17-7-10-25(11-8-17)14-16-5-6-20-18(12-16)4-3-9-24(20)2/h5-6,12-13,17H,3-4,7-11,14H2,1-2H3,(H,22,23,26). The molecule has 5 heteroatoms. The van der Waals surface area contributed by atoms with Crippen molar-refractivity contribution < 1.29 is 0 Å². The summed E-state index contributed by atoms with van der Waals surface area (Å²) in [5.41, 5.74) is 5.24. The van der Waals surface area contributed by atoms with Gasteiger partial charge in [0, 0.05) is 37.8 Å². The smallest absolute Gasteiger partial charge is 0.251 e. The minimum atomic E-state index is -0.0334. The Bertz CT molecular complexity index is 836. The number of hydrogen-bond donors (Lipinski definition) is 1. The molecule has 0 bridgehead atoms. The molecule has 26 heavy (non-hydrogen) atoms. The number of benzene rings is 1. The van der Waals surface area contributed by atoms with E-state index in [0.717, 1.165) is 44.7 Å². The van der Waals surface area contributed by atoms with E-state index in [1.807, 2.05) is 6.92 Å². The monoisotopic (exact) mass is 352 g/mol. The average molecular weight is 352 g/mol. The Morgan fingerprint density at radius 3 is 2.77 bits per heavy atom. The van der Waals surface area contributed by atoms with Crippen molar-refractivity contribution in [2.75, 3.05) is 31.6 Å². The summed E-state index contributed by atoms with van der Waals surface area (Å²) in [5, 5.41) is 0. The van der Waals surface area contributed by atoms with Crippen molar-refractivity contribution >= 4 is 5.69 Å². The molecule has 2 aromatic rings. The lowest BCUT2D eigenvalue weighted by Gasteiger charge is -2.32. The summed E-state index contributed by atoms with van der Waals surface area (Å²) in [5.74, 6) is 1.12. The molecule has 2 aliphatic heterocycles. The van der Waals surface area contributed by atoms with Crippen LogP contribution in [-0.2, 0) is 13.0 Å². The fraction of sp³-hybridized carbons (Fsp3) is 0.524. The van der Waals surface area contributed by atoms with E-state index in [0.29, 0.717) is 11.7 Å². The van der Waals surface area contributed by atoms with Crippen molar-refractivity contribution in [3.63, 3.8) is 0 Å². The Kier molecular flexibility index (Phi) is 4.81. The molecule has 0 amide bonds. The highest BCUT2D eigenvalue weighted by molar-refractivity contribution is 5.56. The van der Waals surface area contributed by atoms with E-state index < -0.39 is 0 Å². The summed E-state index contributed by atoms with van der Waals surface area (Å²) in [7, 11) is 2.19.